The molecular weight excluding hydrogens is 1080 g/mol. The van der Waals surface area contributed by atoms with Crippen LogP contribution in [-0.2, 0) is 50.6 Å². The number of phenolic OH excluding ortho intramolecular Hbond substituents is 3. The Morgan fingerprint density at radius 2 is 0.784 bits per heavy atom. The molecule has 32 heteroatoms. The van der Waals surface area contributed by atoms with Crippen LogP contribution in [0.1, 0.15) is 0 Å². The summed E-state index contributed by atoms with van der Waals surface area (Å²) >= 11 is 0. The van der Waals surface area contributed by atoms with Crippen LogP contribution >= 0.6 is 0 Å². The monoisotopic (exact) mass is 1110 g/mol. The van der Waals surface area contributed by atoms with Crippen LogP contribution in [0.4, 0.5) is 51.2 Å². The maximum atomic E-state index is 12.8. The fourth-order valence-electron chi connectivity index (χ4n) is 7.19. The number of azo groups is 4. The number of aromatic hydroxyl groups is 3. The molecule has 0 unspecified atom stereocenters. The van der Waals surface area contributed by atoms with Gasteiger partial charge in [0.25, 0.3) is 50.6 Å². The van der Waals surface area contributed by atoms with Gasteiger partial charge in [0.15, 0.2) is 5.75 Å². The van der Waals surface area contributed by atoms with Crippen molar-refractivity contribution in [3.63, 3.8) is 0 Å². The van der Waals surface area contributed by atoms with E-state index in [1.54, 1.807) is 0 Å². The summed E-state index contributed by atoms with van der Waals surface area (Å²) in [6.07, 6.45) is 0. The molecule has 0 fully saturated rings. The van der Waals surface area contributed by atoms with Gasteiger partial charge in [0.05, 0.1) is 65.0 Å². The third-order valence-corrected chi connectivity index (χ3v) is 14.8. The Bertz CT molecular complexity index is 4460. The number of hydrogen-bond acceptors (Lipinski definition) is 22. The highest BCUT2D eigenvalue weighted by atomic mass is 32.2. The minimum Gasteiger partial charge on any atom is -0.507 e. The van der Waals surface area contributed by atoms with Crippen molar-refractivity contribution < 1.29 is 80.2 Å². The van der Waals surface area contributed by atoms with Gasteiger partial charge in [-0.15, -0.1) is 35.8 Å². The zero-order chi connectivity index (χ0) is 53.9. The second-order valence-electron chi connectivity index (χ2n) is 15.2. The number of anilines is 1. The Balaban J connectivity index is 1.24. The molecule has 0 radical (unpaired) electrons. The van der Waals surface area contributed by atoms with Gasteiger partial charge in [-0.1, -0.05) is 24.3 Å². The molecule has 10 N–H and O–H groups in total. The number of hydrogen-bond donors (Lipinski definition) is 9. The van der Waals surface area contributed by atoms with E-state index in [2.05, 4.69) is 40.9 Å². The first kappa shape index (κ1) is 52.0. The molecular formula is C42H29N9O18S5. The van der Waals surface area contributed by atoms with E-state index in [4.69, 9.17) is 5.73 Å². The van der Waals surface area contributed by atoms with Gasteiger partial charge in [-0.2, -0.15) is 47.2 Å². The van der Waals surface area contributed by atoms with E-state index >= 15 is 0 Å². The lowest BCUT2D eigenvalue weighted by Gasteiger charge is -2.13. The van der Waals surface area contributed by atoms with E-state index in [1.807, 2.05) is 0 Å². The molecule has 0 saturated carbocycles. The highest BCUT2D eigenvalue weighted by molar-refractivity contribution is 7.87. The van der Waals surface area contributed by atoms with Gasteiger partial charge in [-0.3, -0.25) is 22.8 Å². The first-order valence-electron chi connectivity index (χ1n) is 19.9. The largest absolute Gasteiger partial charge is 0.507 e. The topological polar surface area (TPSA) is 457 Å². The number of nitrogen functional groups attached to an aromatic ring is 1. The quantitative estimate of drug-likeness (QED) is 0.0294. The average molecular weight is 1110 g/mol. The van der Waals surface area contributed by atoms with Crippen molar-refractivity contribution in [2.45, 2.75) is 24.5 Å². The average Bonchev–Trinajstić information content (AvgIpc) is 3.31. The van der Waals surface area contributed by atoms with Gasteiger partial charge in [-0.25, -0.2) is 0 Å². The minimum atomic E-state index is -5.18. The Morgan fingerprint density at radius 1 is 0.338 bits per heavy atom. The van der Waals surface area contributed by atoms with Crippen LogP contribution in [-0.4, -0.2) is 80.2 Å². The maximum Gasteiger partial charge on any atom is 0.296 e. The van der Waals surface area contributed by atoms with Crippen molar-refractivity contribution in [2.24, 2.45) is 40.9 Å². The van der Waals surface area contributed by atoms with E-state index in [0.29, 0.717) is 12.1 Å². The number of phenols is 3. The molecule has 0 atom stereocenters. The number of benzene rings is 8. The van der Waals surface area contributed by atoms with E-state index in [1.165, 1.54) is 54.6 Å². The van der Waals surface area contributed by atoms with Crippen molar-refractivity contribution in [2.75, 3.05) is 5.73 Å². The molecule has 0 heterocycles. The number of rotatable bonds is 13. The third-order valence-electron chi connectivity index (χ3n) is 10.5. The van der Waals surface area contributed by atoms with Gasteiger partial charge in [-0.05, 0) is 78.9 Å². The summed E-state index contributed by atoms with van der Waals surface area (Å²) in [5.41, 5.74) is 3.51. The molecule has 27 nitrogen and oxygen atoms in total. The van der Waals surface area contributed by atoms with E-state index in [-0.39, 0.29) is 61.1 Å². The van der Waals surface area contributed by atoms with Gasteiger partial charge < -0.3 is 21.1 Å². The van der Waals surface area contributed by atoms with Crippen LogP contribution in [0.2, 0.25) is 0 Å². The molecule has 8 aromatic rings. The first-order chi connectivity index (χ1) is 34.5. The minimum absolute atomic E-state index is 0.106. The fraction of sp³-hybridized carbons (Fsp3) is 0. The summed E-state index contributed by atoms with van der Waals surface area (Å²) in [5.74, 6) is -2.52. The van der Waals surface area contributed by atoms with Crippen LogP contribution in [0.25, 0.3) is 32.3 Å². The lowest BCUT2D eigenvalue weighted by molar-refractivity contribution is 0.470. The van der Waals surface area contributed by atoms with Gasteiger partial charge in [0, 0.05) is 28.3 Å². The zero-order valence-corrected chi connectivity index (χ0v) is 40.4. The molecule has 8 rings (SSSR count). The molecule has 0 bridgehead atoms. The summed E-state index contributed by atoms with van der Waals surface area (Å²) in [6, 6.07) is 20.1. The molecule has 0 saturated heterocycles. The van der Waals surface area contributed by atoms with Gasteiger partial charge in [0.2, 0.25) is 0 Å². The third kappa shape index (κ3) is 10.6. The molecule has 0 aliphatic rings. The Morgan fingerprint density at radius 3 is 1.31 bits per heavy atom. The van der Waals surface area contributed by atoms with E-state index < -0.39 is 115 Å². The summed E-state index contributed by atoms with van der Waals surface area (Å²) in [4.78, 5) is -3.69. The molecule has 74 heavy (non-hydrogen) atoms. The lowest BCUT2D eigenvalue weighted by Crippen LogP contribution is -2.01. The van der Waals surface area contributed by atoms with Crippen molar-refractivity contribution in [3.8, 4) is 17.2 Å². The second kappa shape index (κ2) is 18.9. The Kier molecular flexibility index (Phi) is 13.3. The van der Waals surface area contributed by atoms with Crippen molar-refractivity contribution in [1.29, 1.82) is 0 Å². The SMILES string of the molecule is Nc1c(N=Nc2ccc(N=Nc3cccc(S(=O)(=O)O)c3)c3cc(S(=O)(=O)O)cc(O)c23)cc(S(=O)(=O)O)c2ccc(N=Nc3ccc(N=Nc4ccccc4S(=O)(=O)O)c4cc(S(=O)(=O)O)cc(O)c34)c(O)c12. The van der Waals surface area contributed by atoms with Crippen LogP contribution in [0.5, 0.6) is 17.2 Å². The van der Waals surface area contributed by atoms with Crippen molar-refractivity contribution in [3.05, 3.63) is 115 Å². The first-order valence-corrected chi connectivity index (χ1v) is 27.1. The molecule has 0 aliphatic carbocycles. The predicted molar refractivity (Wildman–Crippen MR) is 260 cm³/mol. The lowest BCUT2D eigenvalue weighted by atomic mass is 10.0. The second-order valence-corrected chi connectivity index (χ2v) is 22.3. The van der Waals surface area contributed by atoms with E-state index in [0.717, 1.165) is 48.5 Å². The normalized spacial score (nSPS) is 13.2. The van der Waals surface area contributed by atoms with Gasteiger partial charge in [0.1, 0.15) is 38.4 Å². The Hall–Kier alpha value is -8.31. The molecule has 0 amide bonds. The molecule has 0 spiro atoms. The van der Waals surface area contributed by atoms with Crippen LogP contribution in [0.3, 0.4) is 0 Å². The van der Waals surface area contributed by atoms with Crippen molar-refractivity contribution >= 4 is 134 Å². The summed E-state index contributed by atoms with van der Waals surface area (Å²) < 4.78 is 170. The van der Waals surface area contributed by atoms with Crippen LogP contribution in [0, 0.1) is 0 Å². The molecule has 380 valence electrons. The summed E-state index contributed by atoms with van der Waals surface area (Å²) in [5, 5.41) is 63.7. The molecule has 0 aromatic heterocycles. The van der Waals surface area contributed by atoms with Crippen LogP contribution in [0.15, 0.2) is 181 Å². The zero-order valence-electron chi connectivity index (χ0n) is 36.3. The highest BCUT2D eigenvalue weighted by Gasteiger charge is 2.25. The van der Waals surface area contributed by atoms with E-state index in [9.17, 15) is 80.2 Å². The van der Waals surface area contributed by atoms with Gasteiger partial charge >= 0.3 is 0 Å². The molecule has 0 aliphatic heterocycles. The van der Waals surface area contributed by atoms with Crippen LogP contribution < -0.4 is 5.73 Å². The summed E-state index contributed by atoms with van der Waals surface area (Å²) in [6.45, 7) is 0. The number of nitrogens with zero attached hydrogens (tertiary/aromatic N) is 8. The Labute approximate surface area is 415 Å². The predicted octanol–water partition coefficient (Wildman–Crippen LogP) is 9.74. The van der Waals surface area contributed by atoms with Crippen molar-refractivity contribution in [1.82, 2.24) is 0 Å². The fourth-order valence-corrected chi connectivity index (χ4v) is 10.1. The maximum absolute atomic E-state index is 12.8. The number of nitrogens with two attached hydrogens (primary N) is 1. The number of fused-ring (bicyclic) bond motifs is 3. The summed E-state index contributed by atoms with van der Waals surface area (Å²) in [7, 11) is -24.6. The standard InChI is InChI=1S/C42H29N9O18S5/c43-41-33(51-49-31-12-10-27(25-15-22(71(58,59)60)17-34(52)38(25)31)45-44-20-4-3-5-21(14-20)70(55,56)57)19-37(74(67,68)69)24-8-9-32(42(54)40(24)41)50-48-30-13-11-28(26-16-23(72(61,62)63)18-35(53)39(26)30)46-47-29-6-1-2-7-36(29)73(64,65)66/h1-19,52-54H,43H2,(H,55,56,57)(H,58,59,60)(H,61,62,63)(H,64,65,66)(H,67,68,69). The smallest absolute Gasteiger partial charge is 0.296 e. The highest BCUT2D eigenvalue weighted by Crippen LogP contribution is 2.48. The molecule has 8 aromatic carbocycles.